The van der Waals surface area contributed by atoms with Crippen LogP contribution in [0.4, 0.5) is 17.3 Å². The molecule has 2 aromatic rings. The average Bonchev–Trinajstić information content (AvgIpc) is 2.45. The molecule has 0 saturated heterocycles. The lowest BCUT2D eigenvalue weighted by Crippen LogP contribution is -2.15. The van der Waals surface area contributed by atoms with E-state index in [2.05, 4.69) is 16.0 Å². The molecule has 0 atom stereocenters. The molecular formula is C14H15N5. The van der Waals surface area contributed by atoms with Crippen molar-refractivity contribution in [2.45, 2.75) is 6.92 Å². The second-order valence-electron chi connectivity index (χ2n) is 4.29. The lowest BCUT2D eigenvalue weighted by atomic mass is 10.2. The van der Waals surface area contributed by atoms with Crippen LogP contribution >= 0.6 is 0 Å². The predicted octanol–water partition coefficient (Wildman–Crippen LogP) is 2.47. The third kappa shape index (κ3) is 2.80. The number of hydrogen-bond donors (Lipinski definition) is 0. The first-order valence-corrected chi connectivity index (χ1v) is 5.87. The van der Waals surface area contributed by atoms with Crippen molar-refractivity contribution in [2.24, 2.45) is 0 Å². The van der Waals surface area contributed by atoms with Crippen LogP contribution in [0.5, 0.6) is 0 Å². The van der Waals surface area contributed by atoms with E-state index in [0.717, 1.165) is 11.5 Å². The largest absolute Gasteiger partial charge is 0.329 e. The number of rotatable bonds is 3. The Kier molecular flexibility index (Phi) is 3.62. The summed E-state index contributed by atoms with van der Waals surface area (Å²) in [4.78, 5) is 11.7. The molecule has 1 heterocycles. The van der Waals surface area contributed by atoms with Gasteiger partial charge in [0.25, 0.3) is 0 Å². The summed E-state index contributed by atoms with van der Waals surface area (Å²) in [6.45, 7) is 2.05. The van der Waals surface area contributed by atoms with E-state index in [1.165, 1.54) is 16.8 Å². The topological polar surface area (TPSA) is 56.0 Å². The minimum atomic E-state index is 0.576. The van der Waals surface area contributed by atoms with E-state index in [0.29, 0.717) is 5.82 Å². The van der Waals surface area contributed by atoms with Crippen LogP contribution in [0.1, 0.15) is 5.56 Å². The van der Waals surface area contributed by atoms with E-state index < -0.39 is 0 Å². The molecule has 1 aromatic heterocycles. The highest BCUT2D eigenvalue weighted by Crippen LogP contribution is 2.24. The highest BCUT2D eigenvalue weighted by molar-refractivity contribution is 5.62. The van der Waals surface area contributed by atoms with Crippen LogP contribution in [-0.2, 0) is 0 Å². The molecule has 5 nitrogen and oxygen atoms in total. The number of anilines is 3. The monoisotopic (exact) mass is 253 g/mol. The summed E-state index contributed by atoms with van der Waals surface area (Å²) < 4.78 is 0. The van der Waals surface area contributed by atoms with E-state index >= 15 is 0 Å². The van der Waals surface area contributed by atoms with Gasteiger partial charge < -0.3 is 4.90 Å². The van der Waals surface area contributed by atoms with Gasteiger partial charge in [-0.05, 0) is 24.6 Å². The molecule has 0 amide bonds. The summed E-state index contributed by atoms with van der Waals surface area (Å²) in [7, 11) is 3.60. The van der Waals surface area contributed by atoms with Gasteiger partial charge >= 0.3 is 0 Å². The van der Waals surface area contributed by atoms with Gasteiger partial charge in [0.15, 0.2) is 6.19 Å². The summed E-state index contributed by atoms with van der Waals surface area (Å²) in [6, 6.07) is 9.93. The van der Waals surface area contributed by atoms with Gasteiger partial charge in [0, 0.05) is 25.8 Å². The van der Waals surface area contributed by atoms with Gasteiger partial charge in [0.05, 0.1) is 0 Å². The van der Waals surface area contributed by atoms with Crippen molar-refractivity contribution in [1.29, 1.82) is 5.26 Å². The fourth-order valence-corrected chi connectivity index (χ4v) is 1.72. The Hall–Kier alpha value is -2.61. The highest BCUT2D eigenvalue weighted by atomic mass is 15.2. The zero-order valence-electron chi connectivity index (χ0n) is 11.2. The van der Waals surface area contributed by atoms with Gasteiger partial charge in [-0.3, -0.25) is 4.90 Å². The Morgan fingerprint density at radius 2 is 1.84 bits per heavy atom. The number of nitriles is 1. The number of benzene rings is 1. The first-order valence-electron chi connectivity index (χ1n) is 5.87. The summed E-state index contributed by atoms with van der Waals surface area (Å²) in [6.07, 6.45) is 3.48. The molecule has 0 fully saturated rings. The van der Waals surface area contributed by atoms with E-state index in [1.807, 2.05) is 43.3 Å². The maximum atomic E-state index is 8.87. The lowest BCUT2D eigenvalue weighted by molar-refractivity contribution is 1.04. The Labute approximate surface area is 112 Å². The Morgan fingerprint density at radius 3 is 2.53 bits per heavy atom. The van der Waals surface area contributed by atoms with Crippen LogP contribution in [-0.4, -0.2) is 24.1 Å². The molecule has 0 spiro atoms. The molecule has 0 aliphatic heterocycles. The standard InChI is InChI=1S/C14H15N5/c1-11-5-4-6-12(7-11)19(3)14-8-13(16-10-17-14)18(2)9-15/h4-8,10H,1-3H3. The van der Waals surface area contributed by atoms with E-state index in [9.17, 15) is 0 Å². The van der Waals surface area contributed by atoms with E-state index in [-0.39, 0.29) is 0 Å². The van der Waals surface area contributed by atoms with Crippen LogP contribution in [0.2, 0.25) is 0 Å². The molecule has 1 aromatic carbocycles. The van der Waals surface area contributed by atoms with Crippen LogP contribution in [0, 0.1) is 18.4 Å². The molecule has 0 saturated carbocycles. The number of nitrogens with zero attached hydrogens (tertiary/aromatic N) is 5. The predicted molar refractivity (Wildman–Crippen MR) is 75.3 cm³/mol. The molecule has 0 unspecified atom stereocenters. The molecule has 5 heteroatoms. The van der Waals surface area contributed by atoms with Crippen molar-refractivity contribution in [3.63, 3.8) is 0 Å². The molecular weight excluding hydrogens is 238 g/mol. The smallest absolute Gasteiger partial charge is 0.185 e. The van der Waals surface area contributed by atoms with Crippen molar-refractivity contribution in [3.8, 4) is 6.19 Å². The Balaban J connectivity index is 2.34. The number of aryl methyl sites for hydroxylation is 1. The Morgan fingerprint density at radius 1 is 1.11 bits per heavy atom. The normalized spacial score (nSPS) is 9.79. The summed E-state index contributed by atoms with van der Waals surface area (Å²) in [5.74, 6) is 1.32. The second-order valence-corrected chi connectivity index (χ2v) is 4.29. The van der Waals surface area contributed by atoms with Gasteiger partial charge in [0.1, 0.15) is 18.0 Å². The molecule has 2 rings (SSSR count). The SMILES string of the molecule is Cc1cccc(N(C)c2cc(N(C)C#N)ncn2)c1. The third-order valence-electron chi connectivity index (χ3n) is 2.86. The van der Waals surface area contributed by atoms with E-state index in [1.54, 1.807) is 13.1 Å². The molecule has 0 bridgehead atoms. The summed E-state index contributed by atoms with van der Waals surface area (Å²) in [5, 5.41) is 8.87. The van der Waals surface area contributed by atoms with Crippen molar-refractivity contribution in [1.82, 2.24) is 9.97 Å². The first-order chi connectivity index (χ1) is 9.11. The van der Waals surface area contributed by atoms with Crippen molar-refractivity contribution in [2.75, 3.05) is 23.9 Å². The number of hydrogen-bond acceptors (Lipinski definition) is 5. The highest BCUT2D eigenvalue weighted by Gasteiger charge is 2.08. The summed E-state index contributed by atoms with van der Waals surface area (Å²) in [5.41, 5.74) is 2.23. The molecule has 0 aliphatic rings. The summed E-state index contributed by atoms with van der Waals surface area (Å²) >= 11 is 0. The van der Waals surface area contributed by atoms with Crippen LogP contribution in [0.15, 0.2) is 36.7 Å². The molecule has 19 heavy (non-hydrogen) atoms. The fourth-order valence-electron chi connectivity index (χ4n) is 1.72. The minimum absolute atomic E-state index is 0.576. The maximum Gasteiger partial charge on any atom is 0.185 e. The minimum Gasteiger partial charge on any atom is -0.329 e. The average molecular weight is 253 g/mol. The second kappa shape index (κ2) is 5.36. The Bertz CT molecular complexity index is 617. The first kappa shape index (κ1) is 12.8. The lowest BCUT2D eigenvalue weighted by Gasteiger charge is -2.19. The maximum absolute atomic E-state index is 8.87. The zero-order chi connectivity index (χ0) is 13.8. The van der Waals surface area contributed by atoms with Gasteiger partial charge in [0.2, 0.25) is 0 Å². The van der Waals surface area contributed by atoms with Crippen molar-refractivity contribution >= 4 is 17.3 Å². The fraction of sp³-hybridized carbons (Fsp3) is 0.214. The van der Waals surface area contributed by atoms with Gasteiger partial charge in [-0.2, -0.15) is 5.26 Å². The van der Waals surface area contributed by atoms with Crippen LogP contribution < -0.4 is 9.80 Å². The van der Waals surface area contributed by atoms with Crippen LogP contribution in [0.25, 0.3) is 0 Å². The molecule has 0 radical (unpaired) electrons. The van der Waals surface area contributed by atoms with Crippen LogP contribution in [0.3, 0.4) is 0 Å². The molecule has 0 aliphatic carbocycles. The molecule has 96 valence electrons. The van der Waals surface area contributed by atoms with Gasteiger partial charge in [-0.1, -0.05) is 12.1 Å². The third-order valence-corrected chi connectivity index (χ3v) is 2.86. The van der Waals surface area contributed by atoms with Gasteiger partial charge in [-0.15, -0.1) is 0 Å². The zero-order valence-corrected chi connectivity index (χ0v) is 11.2. The van der Waals surface area contributed by atoms with Crippen molar-refractivity contribution < 1.29 is 0 Å². The van der Waals surface area contributed by atoms with Gasteiger partial charge in [-0.25, -0.2) is 9.97 Å². The molecule has 0 N–H and O–H groups in total. The van der Waals surface area contributed by atoms with Crippen molar-refractivity contribution in [3.05, 3.63) is 42.2 Å². The van der Waals surface area contributed by atoms with E-state index in [4.69, 9.17) is 5.26 Å². The quantitative estimate of drug-likeness (QED) is 0.621. The number of aromatic nitrogens is 2.